The maximum atomic E-state index is 11.9. The number of carbonyl (C=O) groups excluding carboxylic acids is 1. The van der Waals surface area contributed by atoms with Gasteiger partial charge in [-0.1, -0.05) is 25.1 Å². The third kappa shape index (κ3) is 3.41. The Bertz CT molecular complexity index is 591. The number of aromatic nitrogens is 2. The minimum absolute atomic E-state index is 0.146. The van der Waals surface area contributed by atoms with Crippen LogP contribution in [0.1, 0.15) is 35.1 Å². The molecule has 0 amide bonds. The predicted molar refractivity (Wildman–Crippen MR) is 76.7 cm³/mol. The van der Waals surface area contributed by atoms with Gasteiger partial charge in [-0.15, -0.1) is 0 Å². The number of aryl methyl sites for hydroxylation is 2. The molecule has 1 heterocycles. The van der Waals surface area contributed by atoms with Crippen molar-refractivity contribution in [3.05, 3.63) is 47.3 Å². The van der Waals surface area contributed by atoms with Crippen molar-refractivity contribution in [1.82, 2.24) is 9.97 Å². The number of hydrogen-bond acceptors (Lipinski definition) is 4. The van der Waals surface area contributed by atoms with E-state index >= 15 is 0 Å². The van der Waals surface area contributed by atoms with Crippen molar-refractivity contribution in [3.8, 4) is 0 Å². The van der Waals surface area contributed by atoms with Gasteiger partial charge in [-0.3, -0.25) is 4.79 Å². The van der Waals surface area contributed by atoms with Crippen LogP contribution < -0.4 is 0 Å². The fraction of sp³-hybridized carbons (Fsp3) is 0.267. The van der Waals surface area contributed by atoms with Crippen LogP contribution in [-0.4, -0.2) is 15.8 Å². The molecule has 2 rings (SSSR count). The Morgan fingerprint density at radius 1 is 1.16 bits per heavy atom. The molecule has 0 N–H and O–H groups in total. The summed E-state index contributed by atoms with van der Waals surface area (Å²) < 4.78 is 0. The molecule has 4 heteroatoms. The smallest absolute Gasteiger partial charge is 0.192 e. The number of benzene rings is 1. The van der Waals surface area contributed by atoms with Gasteiger partial charge in [0.05, 0.1) is 0 Å². The first-order chi connectivity index (χ1) is 9.10. The first-order valence-corrected chi connectivity index (χ1v) is 7.04. The van der Waals surface area contributed by atoms with Crippen LogP contribution in [0.2, 0.25) is 0 Å². The fourth-order valence-corrected chi connectivity index (χ4v) is 2.83. The molecule has 0 atom stereocenters. The van der Waals surface area contributed by atoms with Crippen LogP contribution in [-0.2, 0) is 0 Å². The zero-order valence-electron chi connectivity index (χ0n) is 11.3. The molecule has 0 saturated carbocycles. The van der Waals surface area contributed by atoms with Crippen molar-refractivity contribution in [2.24, 2.45) is 0 Å². The minimum Gasteiger partial charge on any atom is -0.294 e. The third-order valence-corrected chi connectivity index (χ3v) is 3.61. The summed E-state index contributed by atoms with van der Waals surface area (Å²) in [6.45, 7) is 5.76. The van der Waals surface area contributed by atoms with Crippen molar-refractivity contribution in [2.75, 3.05) is 0 Å². The van der Waals surface area contributed by atoms with E-state index in [0.29, 0.717) is 11.6 Å². The second-order valence-corrected chi connectivity index (χ2v) is 5.32. The maximum absolute atomic E-state index is 11.9. The molecule has 0 aliphatic carbocycles. The monoisotopic (exact) mass is 272 g/mol. The van der Waals surface area contributed by atoms with Crippen molar-refractivity contribution in [3.63, 3.8) is 0 Å². The summed E-state index contributed by atoms with van der Waals surface area (Å²) in [5, 5.41) is 0.689. The van der Waals surface area contributed by atoms with Crippen LogP contribution in [0.4, 0.5) is 0 Å². The van der Waals surface area contributed by atoms with E-state index in [4.69, 9.17) is 0 Å². The lowest BCUT2D eigenvalue weighted by Crippen LogP contribution is -1.99. The summed E-state index contributed by atoms with van der Waals surface area (Å²) in [5.41, 5.74) is 2.63. The van der Waals surface area contributed by atoms with Gasteiger partial charge in [0.25, 0.3) is 0 Å². The molecule has 98 valence electrons. The molecule has 0 radical (unpaired) electrons. The minimum atomic E-state index is 0.146. The van der Waals surface area contributed by atoms with E-state index in [1.165, 1.54) is 11.8 Å². The molecular formula is C15H16N2OS. The highest BCUT2D eigenvalue weighted by Gasteiger charge is 2.11. The molecule has 3 nitrogen and oxygen atoms in total. The molecular weight excluding hydrogens is 256 g/mol. The SMILES string of the molecule is CCC(=O)c1ccccc1Sc1nc(C)cc(C)n1. The van der Waals surface area contributed by atoms with Crippen molar-refractivity contribution >= 4 is 17.5 Å². The molecule has 19 heavy (non-hydrogen) atoms. The lowest BCUT2D eigenvalue weighted by atomic mass is 10.1. The van der Waals surface area contributed by atoms with E-state index < -0.39 is 0 Å². The Balaban J connectivity index is 2.35. The van der Waals surface area contributed by atoms with Gasteiger partial charge in [-0.25, -0.2) is 9.97 Å². The summed E-state index contributed by atoms with van der Waals surface area (Å²) in [4.78, 5) is 21.6. The van der Waals surface area contributed by atoms with E-state index in [0.717, 1.165) is 21.8 Å². The van der Waals surface area contributed by atoms with Gasteiger partial charge in [0.2, 0.25) is 0 Å². The zero-order valence-corrected chi connectivity index (χ0v) is 12.1. The normalized spacial score (nSPS) is 10.5. The number of ketones is 1. The van der Waals surface area contributed by atoms with Gasteiger partial charge in [-0.05, 0) is 37.7 Å². The topological polar surface area (TPSA) is 42.9 Å². The standard InChI is InChI=1S/C15H16N2OS/c1-4-13(18)12-7-5-6-8-14(12)19-15-16-10(2)9-11(3)17-15/h5-9H,4H2,1-3H3. The Morgan fingerprint density at radius 3 is 2.42 bits per heavy atom. The number of Topliss-reactive ketones (excluding diaryl/α,β-unsaturated/α-hetero) is 1. The number of hydrogen-bond donors (Lipinski definition) is 0. The van der Waals surface area contributed by atoms with E-state index in [1.807, 2.05) is 51.1 Å². The van der Waals surface area contributed by atoms with Crippen LogP contribution in [0.5, 0.6) is 0 Å². The highest BCUT2D eigenvalue weighted by molar-refractivity contribution is 7.99. The summed E-state index contributed by atoms with van der Waals surface area (Å²) in [6, 6.07) is 9.55. The molecule has 0 saturated heterocycles. The van der Waals surface area contributed by atoms with Gasteiger partial charge in [0, 0.05) is 28.3 Å². The molecule has 0 bridgehead atoms. The van der Waals surface area contributed by atoms with Crippen LogP contribution in [0.3, 0.4) is 0 Å². The van der Waals surface area contributed by atoms with Crippen LogP contribution in [0.25, 0.3) is 0 Å². The molecule has 1 aromatic carbocycles. The Kier molecular flexibility index (Phi) is 4.32. The molecule has 0 fully saturated rings. The number of rotatable bonds is 4. The highest BCUT2D eigenvalue weighted by Crippen LogP contribution is 2.28. The Hall–Kier alpha value is -1.68. The predicted octanol–water partition coefficient (Wildman–Crippen LogP) is 3.84. The zero-order chi connectivity index (χ0) is 13.8. The molecule has 0 aliphatic heterocycles. The number of nitrogens with zero attached hydrogens (tertiary/aromatic N) is 2. The van der Waals surface area contributed by atoms with Gasteiger partial charge < -0.3 is 0 Å². The van der Waals surface area contributed by atoms with E-state index in [9.17, 15) is 4.79 Å². The lowest BCUT2D eigenvalue weighted by Gasteiger charge is -2.07. The van der Waals surface area contributed by atoms with E-state index in [1.54, 1.807) is 0 Å². The average Bonchev–Trinajstić information content (AvgIpc) is 2.37. The van der Waals surface area contributed by atoms with Gasteiger partial charge >= 0.3 is 0 Å². The Labute approximate surface area is 117 Å². The Morgan fingerprint density at radius 2 is 1.79 bits per heavy atom. The van der Waals surface area contributed by atoms with Crippen LogP contribution >= 0.6 is 11.8 Å². The van der Waals surface area contributed by atoms with Crippen molar-refractivity contribution < 1.29 is 4.79 Å². The molecule has 2 aromatic rings. The van der Waals surface area contributed by atoms with Crippen LogP contribution in [0, 0.1) is 13.8 Å². The molecule has 0 unspecified atom stereocenters. The number of carbonyl (C=O) groups is 1. The van der Waals surface area contributed by atoms with Crippen LogP contribution in [0.15, 0.2) is 40.4 Å². The fourth-order valence-electron chi connectivity index (χ4n) is 1.81. The van der Waals surface area contributed by atoms with E-state index in [2.05, 4.69) is 9.97 Å². The summed E-state index contributed by atoms with van der Waals surface area (Å²) in [6.07, 6.45) is 0.505. The molecule has 0 aliphatic rings. The van der Waals surface area contributed by atoms with Gasteiger partial charge in [-0.2, -0.15) is 0 Å². The van der Waals surface area contributed by atoms with Crippen molar-refractivity contribution in [2.45, 2.75) is 37.2 Å². The average molecular weight is 272 g/mol. The van der Waals surface area contributed by atoms with E-state index in [-0.39, 0.29) is 5.78 Å². The first kappa shape index (κ1) is 13.7. The second kappa shape index (κ2) is 5.97. The highest BCUT2D eigenvalue weighted by atomic mass is 32.2. The largest absolute Gasteiger partial charge is 0.294 e. The summed E-state index contributed by atoms with van der Waals surface area (Å²) in [7, 11) is 0. The van der Waals surface area contributed by atoms with Gasteiger partial charge in [0.15, 0.2) is 10.9 Å². The summed E-state index contributed by atoms with van der Waals surface area (Å²) >= 11 is 1.44. The summed E-state index contributed by atoms with van der Waals surface area (Å²) in [5.74, 6) is 0.146. The molecule has 1 aromatic heterocycles. The van der Waals surface area contributed by atoms with Crippen molar-refractivity contribution in [1.29, 1.82) is 0 Å². The second-order valence-electron chi connectivity index (χ2n) is 4.31. The van der Waals surface area contributed by atoms with Gasteiger partial charge in [0.1, 0.15) is 0 Å². The third-order valence-electron chi connectivity index (χ3n) is 2.67. The first-order valence-electron chi connectivity index (χ1n) is 6.22. The quantitative estimate of drug-likeness (QED) is 0.626. The lowest BCUT2D eigenvalue weighted by molar-refractivity contribution is 0.0985. The maximum Gasteiger partial charge on any atom is 0.192 e. The molecule has 0 spiro atoms.